The number of fused-ring (bicyclic) bond motifs is 1. The molecule has 0 bridgehead atoms. The first-order valence-electron chi connectivity index (χ1n) is 5.80. The van der Waals surface area contributed by atoms with E-state index in [1.54, 1.807) is 19.1 Å². The number of nitrogens with zero attached hydrogens (tertiary/aromatic N) is 3. The Balaban J connectivity index is 2.19. The Bertz CT molecular complexity index is 818. The number of sulfonamides is 1. The van der Waals surface area contributed by atoms with E-state index in [2.05, 4.69) is 9.38 Å². The molecule has 0 fully saturated rings. The lowest BCUT2D eigenvalue weighted by molar-refractivity contribution is 0.597. The van der Waals surface area contributed by atoms with Gasteiger partial charge in [0.15, 0.2) is 5.82 Å². The average Bonchev–Trinajstić information content (AvgIpc) is 2.43. The standard InChI is InChI=1S/C13H10FN3O2S/c1-9-7-10(4-5-11(9)14)17-8-16-20(18,19)12-3-2-6-15-13(12)17/h2-8H,1H3. The summed E-state index contributed by atoms with van der Waals surface area (Å²) >= 11 is 0. The molecule has 0 N–H and O–H groups in total. The van der Waals surface area contributed by atoms with Crippen molar-refractivity contribution in [3.63, 3.8) is 0 Å². The molecule has 0 saturated carbocycles. The Morgan fingerprint density at radius 2 is 2.05 bits per heavy atom. The van der Waals surface area contributed by atoms with Crippen LogP contribution in [-0.4, -0.2) is 19.7 Å². The number of anilines is 2. The molecule has 0 atom stereocenters. The predicted molar refractivity (Wildman–Crippen MR) is 73.2 cm³/mol. The Kier molecular flexibility index (Phi) is 2.79. The van der Waals surface area contributed by atoms with Crippen LogP contribution in [0, 0.1) is 12.7 Å². The molecule has 1 aliphatic rings. The van der Waals surface area contributed by atoms with Gasteiger partial charge < -0.3 is 0 Å². The minimum Gasteiger partial charge on any atom is -0.283 e. The summed E-state index contributed by atoms with van der Waals surface area (Å²) in [6, 6.07) is 7.45. The van der Waals surface area contributed by atoms with E-state index in [9.17, 15) is 12.8 Å². The third kappa shape index (κ3) is 1.96. The first kappa shape index (κ1) is 12.7. The van der Waals surface area contributed by atoms with Gasteiger partial charge in [-0.05, 0) is 42.8 Å². The number of hydrogen-bond acceptors (Lipinski definition) is 4. The molecule has 102 valence electrons. The molecule has 0 amide bonds. The van der Waals surface area contributed by atoms with Gasteiger partial charge in [-0.3, -0.25) is 4.90 Å². The van der Waals surface area contributed by atoms with Crippen LogP contribution in [0.4, 0.5) is 15.9 Å². The van der Waals surface area contributed by atoms with Gasteiger partial charge in [0.1, 0.15) is 17.1 Å². The molecule has 0 spiro atoms. The van der Waals surface area contributed by atoms with E-state index in [-0.39, 0.29) is 16.5 Å². The second-order valence-corrected chi connectivity index (χ2v) is 5.93. The molecule has 2 heterocycles. The third-order valence-corrected chi connectivity index (χ3v) is 4.22. The number of halogens is 1. The molecule has 20 heavy (non-hydrogen) atoms. The molecule has 0 radical (unpaired) electrons. The Morgan fingerprint density at radius 1 is 1.25 bits per heavy atom. The molecule has 2 aromatic rings. The van der Waals surface area contributed by atoms with Crippen molar-refractivity contribution in [3.8, 4) is 0 Å². The van der Waals surface area contributed by atoms with Crippen LogP contribution < -0.4 is 4.90 Å². The lowest BCUT2D eigenvalue weighted by Gasteiger charge is -2.23. The molecule has 0 saturated heterocycles. The fraction of sp³-hybridized carbons (Fsp3) is 0.0769. The molecule has 1 aliphatic heterocycles. The van der Waals surface area contributed by atoms with Gasteiger partial charge in [-0.1, -0.05) is 0 Å². The monoisotopic (exact) mass is 291 g/mol. The summed E-state index contributed by atoms with van der Waals surface area (Å²) in [4.78, 5) is 5.64. The van der Waals surface area contributed by atoms with E-state index < -0.39 is 10.0 Å². The molecule has 3 rings (SSSR count). The van der Waals surface area contributed by atoms with E-state index in [0.29, 0.717) is 11.3 Å². The Labute approximate surface area is 115 Å². The molecule has 7 heteroatoms. The van der Waals surface area contributed by atoms with Crippen LogP contribution >= 0.6 is 0 Å². The SMILES string of the molecule is Cc1cc(N2C=NS(=O)(=O)c3cccnc32)ccc1F. The van der Waals surface area contributed by atoms with Gasteiger partial charge in [0.25, 0.3) is 10.0 Å². The van der Waals surface area contributed by atoms with Gasteiger partial charge in [0.05, 0.1) is 0 Å². The fourth-order valence-electron chi connectivity index (χ4n) is 1.95. The first-order valence-corrected chi connectivity index (χ1v) is 7.24. The summed E-state index contributed by atoms with van der Waals surface area (Å²) < 4.78 is 40.6. The van der Waals surface area contributed by atoms with Crippen LogP contribution in [0.1, 0.15) is 5.56 Å². The highest BCUT2D eigenvalue weighted by Crippen LogP contribution is 2.32. The third-order valence-electron chi connectivity index (χ3n) is 2.98. The zero-order valence-electron chi connectivity index (χ0n) is 10.5. The lowest BCUT2D eigenvalue weighted by atomic mass is 10.2. The number of benzene rings is 1. The number of aryl methyl sites for hydroxylation is 1. The maximum atomic E-state index is 13.3. The van der Waals surface area contributed by atoms with Crippen molar-refractivity contribution in [1.82, 2.24) is 4.98 Å². The molecular formula is C13H10FN3O2S. The summed E-state index contributed by atoms with van der Waals surface area (Å²) in [6.07, 6.45) is 2.67. The number of aromatic nitrogens is 1. The highest BCUT2D eigenvalue weighted by atomic mass is 32.2. The molecule has 5 nitrogen and oxygen atoms in total. The van der Waals surface area contributed by atoms with E-state index >= 15 is 0 Å². The van der Waals surface area contributed by atoms with Crippen molar-refractivity contribution in [3.05, 3.63) is 47.9 Å². The van der Waals surface area contributed by atoms with Crippen LogP contribution in [0.2, 0.25) is 0 Å². The van der Waals surface area contributed by atoms with E-state index in [4.69, 9.17) is 0 Å². The van der Waals surface area contributed by atoms with Gasteiger partial charge in [-0.2, -0.15) is 8.42 Å². The van der Waals surface area contributed by atoms with E-state index in [1.165, 1.54) is 35.6 Å². The van der Waals surface area contributed by atoms with Crippen molar-refractivity contribution in [1.29, 1.82) is 0 Å². The summed E-state index contributed by atoms with van der Waals surface area (Å²) in [5.41, 5.74) is 1.06. The van der Waals surface area contributed by atoms with Crippen LogP contribution in [0.3, 0.4) is 0 Å². The normalized spacial score (nSPS) is 16.0. The molecule has 1 aromatic heterocycles. The largest absolute Gasteiger partial charge is 0.287 e. The second kappa shape index (κ2) is 4.38. The number of rotatable bonds is 1. The number of hydrogen-bond donors (Lipinski definition) is 0. The van der Waals surface area contributed by atoms with E-state index in [1.807, 2.05) is 0 Å². The van der Waals surface area contributed by atoms with Gasteiger partial charge >= 0.3 is 0 Å². The molecule has 0 aliphatic carbocycles. The minimum atomic E-state index is -3.71. The summed E-state index contributed by atoms with van der Waals surface area (Å²) in [5.74, 6) is -0.0647. The topological polar surface area (TPSA) is 62.6 Å². The smallest absolute Gasteiger partial charge is 0.283 e. The Morgan fingerprint density at radius 3 is 2.80 bits per heavy atom. The molecule has 0 unspecified atom stereocenters. The maximum absolute atomic E-state index is 13.3. The van der Waals surface area contributed by atoms with Gasteiger partial charge in [-0.25, -0.2) is 9.37 Å². The van der Waals surface area contributed by atoms with Gasteiger partial charge in [-0.15, -0.1) is 4.40 Å². The average molecular weight is 291 g/mol. The van der Waals surface area contributed by atoms with Crippen molar-refractivity contribution in [2.45, 2.75) is 11.8 Å². The van der Waals surface area contributed by atoms with Crippen LogP contribution in [-0.2, 0) is 10.0 Å². The van der Waals surface area contributed by atoms with Crippen molar-refractivity contribution in [2.75, 3.05) is 4.90 Å². The Hall–Kier alpha value is -2.28. The first-order chi connectivity index (χ1) is 9.49. The second-order valence-electron chi connectivity index (χ2n) is 4.32. The van der Waals surface area contributed by atoms with Gasteiger partial charge in [0, 0.05) is 11.9 Å². The predicted octanol–water partition coefficient (Wildman–Crippen LogP) is 2.40. The van der Waals surface area contributed by atoms with Crippen molar-refractivity contribution in [2.24, 2.45) is 4.40 Å². The van der Waals surface area contributed by atoms with Gasteiger partial charge in [0.2, 0.25) is 0 Å². The highest BCUT2D eigenvalue weighted by Gasteiger charge is 2.27. The highest BCUT2D eigenvalue weighted by molar-refractivity contribution is 7.90. The minimum absolute atomic E-state index is 0.0319. The molecule has 1 aromatic carbocycles. The summed E-state index contributed by atoms with van der Waals surface area (Å²) in [5, 5.41) is 0. The lowest BCUT2D eigenvalue weighted by Crippen LogP contribution is -2.23. The summed E-state index contributed by atoms with van der Waals surface area (Å²) in [6.45, 7) is 1.63. The van der Waals surface area contributed by atoms with Crippen LogP contribution in [0.25, 0.3) is 0 Å². The van der Waals surface area contributed by atoms with Crippen LogP contribution in [0.5, 0.6) is 0 Å². The molecular weight excluding hydrogens is 281 g/mol. The van der Waals surface area contributed by atoms with Crippen molar-refractivity contribution >= 4 is 27.9 Å². The summed E-state index contributed by atoms with van der Waals surface area (Å²) in [7, 11) is -3.71. The quantitative estimate of drug-likeness (QED) is 0.809. The number of pyridine rings is 1. The zero-order chi connectivity index (χ0) is 14.3. The maximum Gasteiger partial charge on any atom is 0.287 e. The van der Waals surface area contributed by atoms with Crippen LogP contribution in [0.15, 0.2) is 45.8 Å². The fourth-order valence-corrected chi connectivity index (χ4v) is 2.92. The van der Waals surface area contributed by atoms with Crippen molar-refractivity contribution < 1.29 is 12.8 Å². The van der Waals surface area contributed by atoms with E-state index in [0.717, 1.165) is 0 Å². The zero-order valence-corrected chi connectivity index (χ0v) is 11.3.